The van der Waals surface area contributed by atoms with Gasteiger partial charge >= 0.3 is 5.97 Å². The molecule has 0 aliphatic rings. The van der Waals surface area contributed by atoms with Crippen LogP contribution >= 0.6 is 11.8 Å². The van der Waals surface area contributed by atoms with E-state index in [0.29, 0.717) is 17.1 Å². The number of benzene rings is 1. The molecule has 0 aliphatic carbocycles. The number of hydrogen-bond acceptors (Lipinski definition) is 7. The van der Waals surface area contributed by atoms with Crippen LogP contribution in [0.25, 0.3) is 11.5 Å². The zero-order chi connectivity index (χ0) is 15.2. The average Bonchev–Trinajstić information content (AvgIpc) is 2.93. The van der Waals surface area contributed by atoms with E-state index in [-0.39, 0.29) is 22.9 Å². The van der Waals surface area contributed by atoms with E-state index in [4.69, 9.17) is 4.42 Å². The topological polar surface area (TPSA) is 94.3 Å². The molecule has 0 fully saturated rings. The maximum atomic E-state index is 11.0. The van der Waals surface area contributed by atoms with Crippen LogP contribution in [-0.4, -0.2) is 34.9 Å². The van der Waals surface area contributed by atoms with Gasteiger partial charge in [0.2, 0.25) is 11.8 Å². The number of anilines is 1. The van der Waals surface area contributed by atoms with Crippen LogP contribution in [0.3, 0.4) is 0 Å². The van der Waals surface area contributed by atoms with Crippen molar-refractivity contribution in [2.45, 2.75) is 12.1 Å². The van der Waals surface area contributed by atoms with E-state index in [1.807, 2.05) is 0 Å². The molecule has 0 unspecified atom stereocenters. The molecule has 2 aromatic rings. The Bertz CT molecular complexity index is 656. The van der Waals surface area contributed by atoms with Gasteiger partial charge in [-0.1, -0.05) is 17.8 Å². The minimum absolute atomic E-state index is 0.101. The lowest BCUT2D eigenvalue weighted by atomic mass is 10.2. The van der Waals surface area contributed by atoms with Gasteiger partial charge in [-0.2, -0.15) is 0 Å². The Labute approximate surface area is 125 Å². The second-order valence-electron chi connectivity index (χ2n) is 4.00. The fraction of sp³-hybridized carbons (Fsp3) is 0.231. The van der Waals surface area contributed by atoms with Crippen molar-refractivity contribution < 1.29 is 18.7 Å². The van der Waals surface area contributed by atoms with E-state index >= 15 is 0 Å². The van der Waals surface area contributed by atoms with E-state index in [0.717, 1.165) is 11.8 Å². The van der Waals surface area contributed by atoms with Gasteiger partial charge in [-0.25, -0.2) is 0 Å². The third kappa shape index (κ3) is 4.32. The number of rotatable bonds is 5. The molecule has 0 aliphatic heterocycles. The second kappa shape index (κ2) is 6.89. The monoisotopic (exact) mass is 307 g/mol. The summed E-state index contributed by atoms with van der Waals surface area (Å²) in [5, 5.41) is 10.7. The lowest BCUT2D eigenvalue weighted by Crippen LogP contribution is -2.05. The molecule has 0 bridgehead atoms. The van der Waals surface area contributed by atoms with Gasteiger partial charge in [0, 0.05) is 18.2 Å². The number of aromatic nitrogens is 2. The minimum atomic E-state index is -0.368. The maximum absolute atomic E-state index is 11.0. The Balaban J connectivity index is 2.10. The van der Waals surface area contributed by atoms with Crippen molar-refractivity contribution in [1.82, 2.24) is 10.2 Å². The molecule has 1 amide bonds. The largest absolute Gasteiger partial charge is 0.468 e. The van der Waals surface area contributed by atoms with Crippen molar-refractivity contribution in [2.24, 2.45) is 0 Å². The molecule has 2 rings (SSSR count). The van der Waals surface area contributed by atoms with Gasteiger partial charge in [-0.3, -0.25) is 9.59 Å². The van der Waals surface area contributed by atoms with Crippen molar-refractivity contribution >= 4 is 29.3 Å². The highest BCUT2D eigenvalue weighted by atomic mass is 32.2. The Morgan fingerprint density at radius 3 is 2.90 bits per heavy atom. The molecule has 1 aromatic carbocycles. The highest BCUT2D eigenvalue weighted by Gasteiger charge is 2.11. The molecule has 1 aromatic heterocycles. The molecule has 0 radical (unpaired) electrons. The molecule has 0 saturated carbocycles. The number of nitrogens with zero attached hydrogens (tertiary/aromatic N) is 2. The Morgan fingerprint density at radius 1 is 1.38 bits per heavy atom. The number of hydrogen-bond donors (Lipinski definition) is 1. The summed E-state index contributed by atoms with van der Waals surface area (Å²) in [5.41, 5.74) is 1.32. The first-order valence-corrected chi connectivity index (χ1v) is 6.98. The normalized spacial score (nSPS) is 10.2. The van der Waals surface area contributed by atoms with Crippen molar-refractivity contribution in [2.75, 3.05) is 18.2 Å². The molecule has 21 heavy (non-hydrogen) atoms. The number of ether oxygens (including phenoxy) is 1. The van der Waals surface area contributed by atoms with Crippen molar-refractivity contribution in [1.29, 1.82) is 0 Å². The number of thioether (sulfide) groups is 1. The number of methoxy groups -OCH3 is 1. The molecule has 7 nitrogen and oxygen atoms in total. The Kier molecular flexibility index (Phi) is 4.94. The fourth-order valence-corrected chi connectivity index (χ4v) is 2.09. The second-order valence-corrected chi connectivity index (χ2v) is 4.93. The van der Waals surface area contributed by atoms with Gasteiger partial charge in [0.15, 0.2) is 0 Å². The van der Waals surface area contributed by atoms with Crippen LogP contribution < -0.4 is 5.32 Å². The van der Waals surface area contributed by atoms with Crippen molar-refractivity contribution in [3.8, 4) is 11.5 Å². The summed E-state index contributed by atoms with van der Waals surface area (Å²) in [6.07, 6.45) is 0. The minimum Gasteiger partial charge on any atom is -0.468 e. The number of amides is 1. The van der Waals surface area contributed by atoms with E-state index in [9.17, 15) is 9.59 Å². The molecule has 1 heterocycles. The molecule has 0 spiro atoms. The number of carbonyl (C=O) groups excluding carboxylic acids is 2. The summed E-state index contributed by atoms with van der Waals surface area (Å²) < 4.78 is 9.97. The quantitative estimate of drug-likeness (QED) is 0.666. The summed E-state index contributed by atoms with van der Waals surface area (Å²) >= 11 is 1.10. The van der Waals surface area contributed by atoms with E-state index in [1.165, 1.54) is 14.0 Å². The van der Waals surface area contributed by atoms with E-state index in [1.54, 1.807) is 24.3 Å². The van der Waals surface area contributed by atoms with E-state index < -0.39 is 0 Å². The van der Waals surface area contributed by atoms with Crippen LogP contribution in [0.2, 0.25) is 0 Å². The van der Waals surface area contributed by atoms with Crippen LogP contribution in [0.15, 0.2) is 33.9 Å². The molecular weight excluding hydrogens is 294 g/mol. The smallest absolute Gasteiger partial charge is 0.316 e. The van der Waals surface area contributed by atoms with Crippen LogP contribution in [0.4, 0.5) is 5.69 Å². The molecule has 0 atom stereocenters. The zero-order valence-corrected chi connectivity index (χ0v) is 12.3. The van der Waals surface area contributed by atoms with Gasteiger partial charge in [-0.15, -0.1) is 10.2 Å². The first kappa shape index (κ1) is 15.0. The first-order valence-electron chi connectivity index (χ1n) is 5.99. The summed E-state index contributed by atoms with van der Waals surface area (Å²) in [4.78, 5) is 22.1. The van der Waals surface area contributed by atoms with Crippen molar-refractivity contribution in [3.63, 3.8) is 0 Å². The summed E-state index contributed by atoms with van der Waals surface area (Å²) in [7, 11) is 1.32. The molecule has 8 heteroatoms. The number of carbonyl (C=O) groups is 2. The summed E-state index contributed by atoms with van der Waals surface area (Å²) in [6, 6.07) is 7.04. The van der Waals surface area contributed by atoms with Crippen LogP contribution in [-0.2, 0) is 14.3 Å². The molecule has 1 N–H and O–H groups in total. The van der Waals surface area contributed by atoms with Crippen molar-refractivity contribution in [3.05, 3.63) is 24.3 Å². The number of esters is 1. The predicted octanol–water partition coefficient (Wildman–Crippen LogP) is 1.96. The SMILES string of the molecule is COC(=O)CSc1nnc(-c2cccc(NC(C)=O)c2)o1. The lowest BCUT2D eigenvalue weighted by Gasteiger charge is -2.02. The summed E-state index contributed by atoms with van der Waals surface area (Å²) in [6.45, 7) is 1.43. The van der Waals surface area contributed by atoms with E-state index in [2.05, 4.69) is 20.3 Å². The average molecular weight is 307 g/mol. The standard InChI is InChI=1S/C13H13N3O4S/c1-8(17)14-10-5-3-4-9(6-10)12-15-16-13(20-12)21-7-11(18)19-2/h3-6H,7H2,1-2H3,(H,14,17). The lowest BCUT2D eigenvalue weighted by molar-refractivity contribution is -0.137. The molecular formula is C13H13N3O4S. The van der Waals surface area contributed by atoms with Crippen LogP contribution in [0.5, 0.6) is 0 Å². The van der Waals surface area contributed by atoms with Gasteiger partial charge in [0.05, 0.1) is 7.11 Å². The maximum Gasteiger partial charge on any atom is 0.316 e. The first-order chi connectivity index (χ1) is 10.1. The van der Waals surface area contributed by atoms with Gasteiger partial charge in [0.25, 0.3) is 5.22 Å². The highest BCUT2D eigenvalue weighted by Crippen LogP contribution is 2.25. The third-order valence-electron chi connectivity index (χ3n) is 2.38. The fourth-order valence-electron chi connectivity index (χ4n) is 1.50. The zero-order valence-electron chi connectivity index (χ0n) is 11.5. The third-order valence-corrected chi connectivity index (χ3v) is 3.17. The number of nitrogens with one attached hydrogen (secondary N) is 1. The van der Waals surface area contributed by atoms with Crippen LogP contribution in [0.1, 0.15) is 6.92 Å². The molecule has 110 valence electrons. The molecule has 0 saturated heterocycles. The predicted molar refractivity (Wildman–Crippen MR) is 76.8 cm³/mol. The van der Waals surface area contributed by atoms with Crippen LogP contribution in [0, 0.1) is 0 Å². The highest BCUT2D eigenvalue weighted by molar-refractivity contribution is 7.99. The Hall–Kier alpha value is -2.35. The van der Waals surface area contributed by atoms with Gasteiger partial charge in [0.1, 0.15) is 5.75 Å². The van der Waals surface area contributed by atoms with Gasteiger partial charge < -0.3 is 14.5 Å². The van der Waals surface area contributed by atoms with Gasteiger partial charge in [-0.05, 0) is 18.2 Å². The summed E-state index contributed by atoms with van der Waals surface area (Å²) in [5.74, 6) is -0.113. The Morgan fingerprint density at radius 2 is 2.19 bits per heavy atom.